The Morgan fingerprint density at radius 3 is 2.55 bits per heavy atom. The van der Waals surface area contributed by atoms with E-state index in [2.05, 4.69) is 29.7 Å². The van der Waals surface area contributed by atoms with E-state index in [0.717, 1.165) is 18.5 Å². The second-order valence-electron chi connectivity index (χ2n) is 5.40. The summed E-state index contributed by atoms with van der Waals surface area (Å²) in [7, 11) is 0. The lowest BCUT2D eigenvalue weighted by molar-refractivity contribution is -0.117. The van der Waals surface area contributed by atoms with Crippen LogP contribution in [0.2, 0.25) is 0 Å². The molecule has 1 unspecified atom stereocenters. The largest absolute Gasteiger partial charge is 0.360 e. The molecule has 0 radical (unpaired) electrons. The molecule has 4 nitrogen and oxygen atoms in total. The molecule has 1 amide bonds. The Morgan fingerprint density at radius 2 is 2.00 bits per heavy atom. The number of hydrogen-bond acceptors (Lipinski definition) is 3. The first-order valence-electron chi connectivity index (χ1n) is 7.87. The number of carbonyl (C=O) groups excluding carboxylic acids is 1. The fraction of sp³-hybridized carbons (Fsp3) is 0.444. The topological polar surface area (TPSA) is 64.9 Å². The van der Waals surface area contributed by atoms with Crippen LogP contribution >= 0.6 is 0 Å². The summed E-state index contributed by atoms with van der Waals surface area (Å²) >= 11 is 0. The van der Waals surface area contributed by atoms with Crippen LogP contribution in [-0.4, -0.2) is 11.9 Å². The maximum absolute atomic E-state index is 11.9. The monoisotopic (exact) mass is 299 g/mol. The van der Waals surface area contributed by atoms with Gasteiger partial charge < -0.3 is 10.6 Å². The molecule has 118 valence electrons. The fourth-order valence-electron chi connectivity index (χ4n) is 1.86. The van der Waals surface area contributed by atoms with E-state index in [1.807, 2.05) is 32.0 Å². The van der Waals surface area contributed by atoms with Crippen molar-refractivity contribution in [2.45, 2.75) is 52.5 Å². The third-order valence-electron chi connectivity index (χ3n) is 3.51. The van der Waals surface area contributed by atoms with Crippen LogP contribution in [0.3, 0.4) is 0 Å². The predicted octanol–water partition coefficient (Wildman–Crippen LogP) is 3.76. The van der Waals surface area contributed by atoms with Crippen molar-refractivity contribution in [2.75, 3.05) is 5.32 Å². The zero-order valence-electron chi connectivity index (χ0n) is 13.6. The highest BCUT2D eigenvalue weighted by atomic mass is 16.1. The SMILES string of the molecule is CCCCc1ccc(N/C=C(/C#N)C(=O)NC(C)CC)cc1. The molecule has 0 aliphatic rings. The van der Waals surface area contributed by atoms with E-state index in [1.54, 1.807) is 0 Å². The molecule has 0 fully saturated rings. The summed E-state index contributed by atoms with van der Waals surface area (Å²) in [5.74, 6) is -0.344. The second kappa shape index (κ2) is 9.62. The van der Waals surface area contributed by atoms with E-state index in [0.29, 0.717) is 0 Å². The van der Waals surface area contributed by atoms with Crippen molar-refractivity contribution in [1.82, 2.24) is 5.32 Å². The average Bonchev–Trinajstić information content (AvgIpc) is 2.54. The van der Waals surface area contributed by atoms with Crippen LogP contribution < -0.4 is 10.6 Å². The van der Waals surface area contributed by atoms with E-state index in [9.17, 15) is 4.79 Å². The molecule has 0 bridgehead atoms. The maximum atomic E-state index is 11.9. The van der Waals surface area contributed by atoms with Gasteiger partial charge in [-0.25, -0.2) is 0 Å². The van der Waals surface area contributed by atoms with Crippen LogP contribution in [0.15, 0.2) is 36.0 Å². The number of benzene rings is 1. The number of nitrogens with zero attached hydrogens (tertiary/aromatic N) is 1. The van der Waals surface area contributed by atoms with Gasteiger partial charge in [-0.15, -0.1) is 0 Å². The fourth-order valence-corrected chi connectivity index (χ4v) is 1.86. The number of nitriles is 1. The molecular weight excluding hydrogens is 274 g/mol. The zero-order valence-corrected chi connectivity index (χ0v) is 13.6. The Balaban J connectivity index is 2.64. The molecule has 0 aromatic heterocycles. The average molecular weight is 299 g/mol. The van der Waals surface area contributed by atoms with E-state index in [1.165, 1.54) is 24.6 Å². The highest BCUT2D eigenvalue weighted by molar-refractivity contribution is 5.97. The summed E-state index contributed by atoms with van der Waals surface area (Å²) in [4.78, 5) is 11.9. The molecular formula is C18H25N3O. The summed E-state index contributed by atoms with van der Waals surface area (Å²) in [5.41, 5.74) is 2.24. The van der Waals surface area contributed by atoms with Crippen LogP contribution in [0.25, 0.3) is 0 Å². The van der Waals surface area contributed by atoms with Gasteiger partial charge in [-0.05, 0) is 43.9 Å². The van der Waals surface area contributed by atoms with Gasteiger partial charge in [-0.3, -0.25) is 4.79 Å². The standard InChI is InChI=1S/C18H25N3O/c1-4-6-7-15-8-10-17(11-9-15)20-13-16(12-19)18(22)21-14(3)5-2/h8-11,13-14,20H,4-7H2,1-3H3,(H,21,22)/b16-13-. The number of hydrogen-bond donors (Lipinski definition) is 2. The van der Waals surface area contributed by atoms with Crippen LogP contribution in [-0.2, 0) is 11.2 Å². The first kappa shape index (κ1) is 17.8. The van der Waals surface area contributed by atoms with Gasteiger partial charge in [-0.2, -0.15) is 5.26 Å². The van der Waals surface area contributed by atoms with Gasteiger partial charge in [-0.1, -0.05) is 32.4 Å². The van der Waals surface area contributed by atoms with Gasteiger partial charge in [0.15, 0.2) is 0 Å². The minimum Gasteiger partial charge on any atom is -0.360 e. The summed E-state index contributed by atoms with van der Waals surface area (Å²) in [6.07, 6.45) is 5.73. The van der Waals surface area contributed by atoms with Gasteiger partial charge in [0, 0.05) is 17.9 Å². The zero-order chi connectivity index (χ0) is 16.4. The number of anilines is 1. The number of unbranched alkanes of at least 4 members (excludes halogenated alkanes) is 1. The van der Waals surface area contributed by atoms with E-state index < -0.39 is 0 Å². The molecule has 22 heavy (non-hydrogen) atoms. The van der Waals surface area contributed by atoms with Crippen LogP contribution in [0.4, 0.5) is 5.69 Å². The number of carbonyl (C=O) groups is 1. The van der Waals surface area contributed by atoms with Crippen molar-refractivity contribution in [3.63, 3.8) is 0 Å². The smallest absolute Gasteiger partial charge is 0.263 e. The van der Waals surface area contributed by atoms with E-state index in [4.69, 9.17) is 5.26 Å². The molecule has 1 aromatic rings. The molecule has 0 saturated carbocycles. The molecule has 1 aromatic carbocycles. The van der Waals surface area contributed by atoms with Crippen molar-refractivity contribution in [1.29, 1.82) is 5.26 Å². The molecule has 0 aliphatic heterocycles. The molecule has 0 spiro atoms. The second-order valence-corrected chi connectivity index (χ2v) is 5.40. The molecule has 0 heterocycles. The normalized spacial score (nSPS) is 12.4. The minimum atomic E-state index is -0.344. The Morgan fingerprint density at radius 1 is 1.32 bits per heavy atom. The highest BCUT2D eigenvalue weighted by Crippen LogP contribution is 2.12. The number of nitrogens with one attached hydrogen (secondary N) is 2. The summed E-state index contributed by atoms with van der Waals surface area (Å²) < 4.78 is 0. The van der Waals surface area contributed by atoms with Crippen molar-refractivity contribution >= 4 is 11.6 Å². The van der Waals surface area contributed by atoms with Gasteiger partial charge in [0.1, 0.15) is 11.6 Å². The van der Waals surface area contributed by atoms with Gasteiger partial charge in [0.25, 0.3) is 5.91 Å². The Kier molecular flexibility index (Phi) is 7.77. The highest BCUT2D eigenvalue weighted by Gasteiger charge is 2.10. The lowest BCUT2D eigenvalue weighted by atomic mass is 10.1. The Labute approximate surface area is 133 Å². The van der Waals surface area contributed by atoms with Crippen molar-refractivity contribution < 1.29 is 4.79 Å². The Bertz CT molecular complexity index is 540. The van der Waals surface area contributed by atoms with E-state index in [-0.39, 0.29) is 17.5 Å². The minimum absolute atomic E-state index is 0.0575. The maximum Gasteiger partial charge on any atom is 0.263 e. The molecule has 1 rings (SSSR count). The van der Waals surface area contributed by atoms with Gasteiger partial charge in [0.2, 0.25) is 0 Å². The lowest BCUT2D eigenvalue weighted by Gasteiger charge is -2.10. The molecule has 0 aliphatic carbocycles. The molecule has 0 saturated heterocycles. The van der Waals surface area contributed by atoms with Crippen LogP contribution in [0.1, 0.15) is 45.6 Å². The number of amides is 1. The predicted molar refractivity (Wildman–Crippen MR) is 90.3 cm³/mol. The lowest BCUT2D eigenvalue weighted by Crippen LogP contribution is -2.33. The summed E-state index contributed by atoms with van der Waals surface area (Å²) in [5, 5.41) is 14.9. The Hall–Kier alpha value is -2.28. The van der Waals surface area contributed by atoms with Crippen LogP contribution in [0.5, 0.6) is 0 Å². The van der Waals surface area contributed by atoms with Crippen molar-refractivity contribution in [3.05, 3.63) is 41.6 Å². The summed E-state index contributed by atoms with van der Waals surface area (Å²) in [6.45, 7) is 6.07. The molecule has 1 atom stereocenters. The first-order valence-corrected chi connectivity index (χ1v) is 7.87. The number of rotatable bonds is 8. The number of aryl methyl sites for hydroxylation is 1. The quantitative estimate of drug-likeness (QED) is 0.567. The van der Waals surface area contributed by atoms with Crippen molar-refractivity contribution in [3.8, 4) is 6.07 Å². The molecule has 2 N–H and O–H groups in total. The van der Waals surface area contributed by atoms with Crippen LogP contribution in [0, 0.1) is 11.3 Å². The third kappa shape index (κ3) is 6.01. The third-order valence-corrected chi connectivity index (χ3v) is 3.51. The summed E-state index contributed by atoms with van der Waals surface area (Å²) in [6, 6.07) is 10.0. The van der Waals surface area contributed by atoms with E-state index >= 15 is 0 Å². The molecule has 4 heteroatoms. The first-order chi connectivity index (χ1) is 10.6. The van der Waals surface area contributed by atoms with Crippen molar-refractivity contribution in [2.24, 2.45) is 0 Å². The van der Waals surface area contributed by atoms with Gasteiger partial charge in [0.05, 0.1) is 0 Å². The van der Waals surface area contributed by atoms with Gasteiger partial charge >= 0.3 is 0 Å².